The Morgan fingerprint density at radius 3 is 2.70 bits per heavy atom. The van der Waals surface area contributed by atoms with E-state index in [0.717, 1.165) is 10.0 Å². The summed E-state index contributed by atoms with van der Waals surface area (Å²) in [6.07, 6.45) is 0.260. The Labute approximate surface area is 131 Å². The summed E-state index contributed by atoms with van der Waals surface area (Å²) in [5.74, 6) is 0.617. The number of hydrogen-bond donors (Lipinski definition) is 0. The van der Waals surface area contributed by atoms with Gasteiger partial charge in [0.15, 0.2) is 5.78 Å². The zero-order valence-electron chi connectivity index (χ0n) is 11.0. The van der Waals surface area contributed by atoms with Crippen LogP contribution in [0.5, 0.6) is 5.75 Å². The minimum Gasteiger partial charge on any atom is -0.493 e. The van der Waals surface area contributed by atoms with Gasteiger partial charge in [0.2, 0.25) is 0 Å². The van der Waals surface area contributed by atoms with Gasteiger partial charge in [-0.25, -0.2) is 0 Å². The largest absolute Gasteiger partial charge is 0.493 e. The van der Waals surface area contributed by atoms with Gasteiger partial charge in [0.05, 0.1) is 12.2 Å². The van der Waals surface area contributed by atoms with E-state index in [2.05, 4.69) is 15.9 Å². The van der Waals surface area contributed by atoms with Crippen molar-refractivity contribution >= 4 is 33.3 Å². The monoisotopic (exact) mass is 352 g/mol. The van der Waals surface area contributed by atoms with E-state index in [1.54, 1.807) is 18.2 Å². The lowest BCUT2D eigenvalue weighted by Gasteiger charge is -2.10. The van der Waals surface area contributed by atoms with Crippen molar-refractivity contribution in [3.8, 4) is 5.75 Å². The van der Waals surface area contributed by atoms with Crippen molar-refractivity contribution in [1.82, 2.24) is 0 Å². The molecule has 0 amide bonds. The minimum atomic E-state index is -0.00160. The lowest BCUT2D eigenvalue weighted by atomic mass is 10.0. The van der Waals surface area contributed by atoms with Crippen LogP contribution in [0.2, 0.25) is 5.02 Å². The summed E-state index contributed by atoms with van der Waals surface area (Å²) in [6.45, 7) is 2.43. The number of carbonyl (C=O) groups excluding carboxylic acids is 1. The first-order chi connectivity index (χ1) is 9.61. The van der Waals surface area contributed by atoms with E-state index >= 15 is 0 Å². The molecule has 4 heteroatoms. The van der Waals surface area contributed by atoms with Crippen LogP contribution in [0.1, 0.15) is 22.8 Å². The van der Waals surface area contributed by atoms with Crippen LogP contribution < -0.4 is 4.74 Å². The second-order valence-electron chi connectivity index (χ2n) is 4.26. The minimum absolute atomic E-state index is 0.00160. The van der Waals surface area contributed by atoms with Gasteiger partial charge < -0.3 is 4.74 Å². The van der Waals surface area contributed by atoms with Crippen molar-refractivity contribution < 1.29 is 9.53 Å². The average Bonchev–Trinajstić information content (AvgIpc) is 2.43. The zero-order chi connectivity index (χ0) is 14.5. The molecule has 0 aliphatic carbocycles. The number of benzene rings is 2. The van der Waals surface area contributed by atoms with Crippen LogP contribution in [0, 0.1) is 0 Å². The maximum absolute atomic E-state index is 12.4. The summed E-state index contributed by atoms with van der Waals surface area (Å²) in [6, 6.07) is 12.8. The maximum Gasteiger partial charge on any atom is 0.171 e. The van der Waals surface area contributed by atoms with Gasteiger partial charge in [-0.3, -0.25) is 4.79 Å². The van der Waals surface area contributed by atoms with Crippen molar-refractivity contribution in [2.24, 2.45) is 0 Å². The molecule has 0 radical (unpaired) electrons. The highest BCUT2D eigenvalue weighted by atomic mass is 79.9. The number of hydrogen-bond acceptors (Lipinski definition) is 2. The van der Waals surface area contributed by atoms with E-state index in [9.17, 15) is 4.79 Å². The zero-order valence-corrected chi connectivity index (χ0v) is 13.4. The molecule has 0 aliphatic heterocycles. The Hall–Kier alpha value is -1.32. The van der Waals surface area contributed by atoms with Crippen molar-refractivity contribution in [2.75, 3.05) is 6.61 Å². The number of ketones is 1. The molecule has 0 saturated carbocycles. The van der Waals surface area contributed by atoms with Crippen LogP contribution in [0.3, 0.4) is 0 Å². The second kappa shape index (κ2) is 6.91. The van der Waals surface area contributed by atoms with Gasteiger partial charge in [0, 0.05) is 15.9 Å². The average molecular weight is 354 g/mol. The fraction of sp³-hybridized carbons (Fsp3) is 0.188. The molecule has 0 spiro atoms. The Balaban J connectivity index is 2.24. The van der Waals surface area contributed by atoms with E-state index in [0.29, 0.717) is 22.9 Å². The molecule has 0 N–H and O–H groups in total. The number of halogens is 2. The van der Waals surface area contributed by atoms with E-state index in [1.165, 1.54) is 0 Å². The standard InChI is InChI=1S/C16H14BrClO2/c1-2-20-16-6-4-3-5-13(16)15(19)9-11-7-8-12(17)10-14(11)18/h3-8,10H,2,9H2,1H3. The molecule has 0 bridgehead atoms. The Morgan fingerprint density at radius 1 is 1.25 bits per heavy atom. The lowest BCUT2D eigenvalue weighted by molar-refractivity contribution is 0.0989. The van der Waals surface area contributed by atoms with E-state index < -0.39 is 0 Å². The second-order valence-corrected chi connectivity index (χ2v) is 5.59. The Morgan fingerprint density at radius 2 is 2.00 bits per heavy atom. The number of carbonyl (C=O) groups is 1. The maximum atomic E-state index is 12.4. The summed E-state index contributed by atoms with van der Waals surface area (Å²) in [5, 5.41) is 0.585. The predicted molar refractivity (Wildman–Crippen MR) is 84.8 cm³/mol. The quantitative estimate of drug-likeness (QED) is 0.713. The van der Waals surface area contributed by atoms with Crippen molar-refractivity contribution in [3.05, 3.63) is 63.1 Å². The van der Waals surface area contributed by atoms with Gasteiger partial charge in [-0.15, -0.1) is 0 Å². The third kappa shape index (κ3) is 3.62. The van der Waals surface area contributed by atoms with E-state index in [-0.39, 0.29) is 12.2 Å². The molecule has 2 nitrogen and oxygen atoms in total. The number of para-hydroxylation sites is 1. The molecular formula is C16H14BrClO2. The van der Waals surface area contributed by atoms with Gasteiger partial charge in [-0.1, -0.05) is 45.7 Å². The summed E-state index contributed by atoms with van der Waals surface area (Å²) in [7, 11) is 0. The molecule has 2 aromatic rings. The molecule has 2 rings (SSSR count). The van der Waals surface area contributed by atoms with Gasteiger partial charge in [0.25, 0.3) is 0 Å². The Kier molecular flexibility index (Phi) is 5.21. The smallest absolute Gasteiger partial charge is 0.171 e. The molecule has 2 aromatic carbocycles. The van der Waals surface area contributed by atoms with Crippen molar-refractivity contribution in [1.29, 1.82) is 0 Å². The molecule has 0 aromatic heterocycles. The molecule has 0 aliphatic rings. The topological polar surface area (TPSA) is 26.3 Å². The molecule has 104 valence electrons. The van der Waals surface area contributed by atoms with Crippen LogP contribution in [0.15, 0.2) is 46.9 Å². The molecule has 0 fully saturated rings. The van der Waals surface area contributed by atoms with Gasteiger partial charge in [0.1, 0.15) is 5.75 Å². The van der Waals surface area contributed by atoms with Crippen LogP contribution in [0.4, 0.5) is 0 Å². The van der Waals surface area contributed by atoms with Crippen LogP contribution in [0.25, 0.3) is 0 Å². The van der Waals surface area contributed by atoms with Crippen LogP contribution in [-0.4, -0.2) is 12.4 Å². The highest BCUT2D eigenvalue weighted by Crippen LogP contribution is 2.25. The Bertz CT molecular complexity index is 626. The van der Waals surface area contributed by atoms with E-state index in [1.807, 2.05) is 31.2 Å². The summed E-state index contributed by atoms with van der Waals surface area (Å²) in [4.78, 5) is 12.4. The van der Waals surface area contributed by atoms with Crippen LogP contribution in [-0.2, 0) is 6.42 Å². The first-order valence-corrected chi connectivity index (χ1v) is 7.48. The summed E-state index contributed by atoms with van der Waals surface area (Å²) < 4.78 is 6.38. The third-order valence-electron chi connectivity index (χ3n) is 2.85. The van der Waals surface area contributed by atoms with Crippen molar-refractivity contribution in [2.45, 2.75) is 13.3 Å². The van der Waals surface area contributed by atoms with Gasteiger partial charge in [-0.2, -0.15) is 0 Å². The van der Waals surface area contributed by atoms with Gasteiger partial charge in [-0.05, 0) is 36.8 Å². The first kappa shape index (κ1) is 15.1. The fourth-order valence-corrected chi connectivity index (χ4v) is 2.65. The number of rotatable bonds is 5. The normalized spacial score (nSPS) is 10.3. The highest BCUT2D eigenvalue weighted by molar-refractivity contribution is 9.10. The van der Waals surface area contributed by atoms with E-state index in [4.69, 9.17) is 16.3 Å². The van der Waals surface area contributed by atoms with Crippen LogP contribution >= 0.6 is 27.5 Å². The van der Waals surface area contributed by atoms with Gasteiger partial charge >= 0.3 is 0 Å². The summed E-state index contributed by atoms with van der Waals surface area (Å²) >= 11 is 9.50. The number of ether oxygens (including phenoxy) is 1. The predicted octanol–water partition coefficient (Wildman–Crippen LogP) is 4.93. The molecule has 0 atom stereocenters. The third-order valence-corrected chi connectivity index (χ3v) is 3.70. The highest BCUT2D eigenvalue weighted by Gasteiger charge is 2.14. The number of Topliss-reactive ketones (excluding diaryl/α,β-unsaturated/α-hetero) is 1. The molecule has 20 heavy (non-hydrogen) atoms. The molecule has 0 heterocycles. The summed E-state index contributed by atoms with van der Waals surface area (Å²) in [5.41, 5.74) is 1.40. The van der Waals surface area contributed by atoms with Crippen molar-refractivity contribution in [3.63, 3.8) is 0 Å². The SMILES string of the molecule is CCOc1ccccc1C(=O)Cc1ccc(Br)cc1Cl. The lowest BCUT2D eigenvalue weighted by Crippen LogP contribution is -2.07. The molecular weight excluding hydrogens is 340 g/mol. The molecule has 0 saturated heterocycles. The molecule has 0 unspecified atom stereocenters. The first-order valence-electron chi connectivity index (χ1n) is 6.30. The fourth-order valence-electron chi connectivity index (χ4n) is 1.91.